The van der Waals surface area contributed by atoms with Crippen LogP contribution in [0.15, 0.2) is 0 Å². The van der Waals surface area contributed by atoms with Crippen LogP contribution in [0.2, 0.25) is 0 Å². The zero-order valence-corrected chi connectivity index (χ0v) is 10.5. The topological polar surface area (TPSA) is 75.4 Å². The van der Waals surface area contributed by atoms with Gasteiger partial charge in [-0.25, -0.2) is 0 Å². The Morgan fingerprint density at radius 1 is 1.38 bits per heavy atom. The first kappa shape index (κ1) is 14.9. The Kier molecular flexibility index (Phi) is 7.54. The lowest BCUT2D eigenvalue weighted by atomic mass is 10.1. The maximum atomic E-state index is 11.7. The Morgan fingerprint density at radius 3 is 2.44 bits per heavy atom. The fourth-order valence-electron chi connectivity index (χ4n) is 1.27. The highest BCUT2D eigenvalue weighted by atomic mass is 16.2. The number of amides is 2. The molecule has 2 amide bonds. The van der Waals surface area contributed by atoms with Crippen LogP contribution in [0, 0.1) is 5.92 Å². The van der Waals surface area contributed by atoms with Crippen molar-refractivity contribution in [2.75, 3.05) is 26.2 Å². The maximum absolute atomic E-state index is 11.7. The van der Waals surface area contributed by atoms with Crippen LogP contribution in [-0.4, -0.2) is 42.9 Å². The third-order valence-corrected chi connectivity index (χ3v) is 2.52. The Balaban J connectivity index is 4.24. The highest BCUT2D eigenvalue weighted by molar-refractivity contribution is 6.34. The van der Waals surface area contributed by atoms with Crippen LogP contribution in [0.3, 0.4) is 0 Å². The third-order valence-electron chi connectivity index (χ3n) is 2.52. The molecule has 0 fully saturated rings. The molecule has 5 nitrogen and oxygen atoms in total. The predicted octanol–water partition coefficient (Wildman–Crippen LogP) is -0.0441. The molecule has 16 heavy (non-hydrogen) atoms. The molecule has 0 radical (unpaired) electrons. The molecule has 0 aliphatic carbocycles. The van der Waals surface area contributed by atoms with Crippen molar-refractivity contribution >= 4 is 11.8 Å². The molecule has 0 aliphatic rings. The summed E-state index contributed by atoms with van der Waals surface area (Å²) in [5, 5.41) is 2.48. The van der Waals surface area contributed by atoms with E-state index in [0.29, 0.717) is 32.1 Å². The normalized spacial score (nSPS) is 12.0. The van der Waals surface area contributed by atoms with Gasteiger partial charge in [-0.2, -0.15) is 0 Å². The molecule has 0 spiro atoms. The summed E-state index contributed by atoms with van der Waals surface area (Å²) in [4.78, 5) is 24.7. The minimum atomic E-state index is -0.560. The maximum Gasteiger partial charge on any atom is 0.311 e. The van der Waals surface area contributed by atoms with Crippen LogP contribution in [-0.2, 0) is 9.59 Å². The predicted molar refractivity (Wildman–Crippen MR) is 63.8 cm³/mol. The minimum Gasteiger partial charge on any atom is -0.347 e. The summed E-state index contributed by atoms with van der Waals surface area (Å²) in [6.07, 6.45) is 0.994. The van der Waals surface area contributed by atoms with Gasteiger partial charge in [-0.05, 0) is 12.8 Å². The van der Waals surface area contributed by atoms with Gasteiger partial charge in [0.25, 0.3) is 0 Å². The molecule has 1 atom stereocenters. The molecule has 0 rings (SSSR count). The first-order valence-electron chi connectivity index (χ1n) is 5.83. The highest BCUT2D eigenvalue weighted by Crippen LogP contribution is 2.04. The lowest BCUT2D eigenvalue weighted by molar-refractivity contribution is -0.146. The van der Waals surface area contributed by atoms with Crippen LogP contribution in [0.1, 0.15) is 27.2 Å². The molecule has 1 unspecified atom stereocenters. The van der Waals surface area contributed by atoms with Crippen molar-refractivity contribution < 1.29 is 9.59 Å². The fourth-order valence-corrected chi connectivity index (χ4v) is 1.27. The summed E-state index contributed by atoms with van der Waals surface area (Å²) >= 11 is 0. The van der Waals surface area contributed by atoms with E-state index in [9.17, 15) is 9.59 Å². The lowest BCUT2D eigenvalue weighted by Crippen LogP contribution is -2.45. The summed E-state index contributed by atoms with van der Waals surface area (Å²) in [5.41, 5.74) is 5.25. The van der Waals surface area contributed by atoms with Gasteiger partial charge in [-0.1, -0.05) is 20.3 Å². The second-order valence-corrected chi connectivity index (χ2v) is 3.90. The summed E-state index contributed by atoms with van der Waals surface area (Å²) in [7, 11) is 0. The van der Waals surface area contributed by atoms with Crippen LogP contribution < -0.4 is 11.1 Å². The highest BCUT2D eigenvalue weighted by Gasteiger charge is 2.20. The Hall–Kier alpha value is -1.10. The van der Waals surface area contributed by atoms with E-state index in [0.717, 1.165) is 6.42 Å². The van der Waals surface area contributed by atoms with Gasteiger partial charge in [0.1, 0.15) is 0 Å². The lowest BCUT2D eigenvalue weighted by Gasteiger charge is -2.23. The molecule has 0 aliphatic heterocycles. The van der Waals surface area contributed by atoms with Gasteiger partial charge in [0.05, 0.1) is 0 Å². The third kappa shape index (κ3) is 5.11. The fraction of sp³-hybridized carbons (Fsp3) is 0.818. The quantitative estimate of drug-likeness (QED) is 0.627. The first-order valence-corrected chi connectivity index (χ1v) is 5.83. The van der Waals surface area contributed by atoms with E-state index in [1.54, 1.807) is 4.90 Å². The van der Waals surface area contributed by atoms with Gasteiger partial charge in [0.15, 0.2) is 0 Å². The monoisotopic (exact) mass is 229 g/mol. The molecule has 0 aromatic rings. The standard InChI is InChI=1S/C11H23N3O2/c1-4-9(3)8-14(5-2)11(16)10(15)13-7-6-12/h9H,4-8,12H2,1-3H3,(H,13,15). The van der Waals surface area contributed by atoms with E-state index in [-0.39, 0.29) is 0 Å². The first-order chi connectivity index (χ1) is 7.56. The van der Waals surface area contributed by atoms with Crippen molar-refractivity contribution in [3.8, 4) is 0 Å². The van der Waals surface area contributed by atoms with Crippen molar-refractivity contribution in [3.05, 3.63) is 0 Å². The molecule has 5 heteroatoms. The van der Waals surface area contributed by atoms with Crippen molar-refractivity contribution in [2.45, 2.75) is 27.2 Å². The molecular weight excluding hydrogens is 206 g/mol. The average molecular weight is 229 g/mol. The van der Waals surface area contributed by atoms with E-state index >= 15 is 0 Å². The van der Waals surface area contributed by atoms with Gasteiger partial charge >= 0.3 is 11.8 Å². The Labute approximate surface area is 97.4 Å². The molecule has 3 N–H and O–H groups in total. The Bertz CT molecular complexity index is 231. The smallest absolute Gasteiger partial charge is 0.311 e. The van der Waals surface area contributed by atoms with Gasteiger partial charge < -0.3 is 16.0 Å². The number of nitrogens with one attached hydrogen (secondary N) is 1. The number of carbonyl (C=O) groups is 2. The van der Waals surface area contributed by atoms with Gasteiger partial charge in [0.2, 0.25) is 0 Å². The molecule has 94 valence electrons. The van der Waals surface area contributed by atoms with Crippen molar-refractivity contribution in [2.24, 2.45) is 11.7 Å². The SMILES string of the molecule is CCC(C)CN(CC)C(=O)C(=O)NCCN. The molecule has 0 heterocycles. The van der Waals surface area contributed by atoms with E-state index in [2.05, 4.69) is 19.2 Å². The molecule has 0 aromatic heterocycles. The number of rotatable bonds is 6. The second-order valence-electron chi connectivity index (χ2n) is 3.90. The van der Waals surface area contributed by atoms with Crippen molar-refractivity contribution in [3.63, 3.8) is 0 Å². The summed E-state index contributed by atoms with van der Waals surface area (Å²) in [5.74, 6) is -0.613. The molecular formula is C11H23N3O2. The van der Waals surface area contributed by atoms with Crippen LogP contribution in [0.25, 0.3) is 0 Å². The van der Waals surface area contributed by atoms with Crippen LogP contribution >= 0.6 is 0 Å². The number of likely N-dealkylation sites (N-methyl/N-ethyl adjacent to an activating group) is 1. The van der Waals surface area contributed by atoms with Crippen LogP contribution in [0.4, 0.5) is 0 Å². The summed E-state index contributed by atoms with van der Waals surface area (Å²) in [6, 6.07) is 0. The summed E-state index contributed by atoms with van der Waals surface area (Å²) in [6.45, 7) is 7.87. The number of hydrogen-bond donors (Lipinski definition) is 2. The van der Waals surface area contributed by atoms with E-state index in [1.165, 1.54) is 0 Å². The zero-order valence-electron chi connectivity index (χ0n) is 10.5. The Morgan fingerprint density at radius 2 is 2.00 bits per heavy atom. The van der Waals surface area contributed by atoms with Gasteiger partial charge in [-0.15, -0.1) is 0 Å². The van der Waals surface area contributed by atoms with Crippen molar-refractivity contribution in [1.82, 2.24) is 10.2 Å². The van der Waals surface area contributed by atoms with Gasteiger partial charge in [0, 0.05) is 26.2 Å². The number of nitrogens with two attached hydrogens (primary N) is 1. The minimum absolute atomic E-state index is 0.339. The molecule has 0 aromatic carbocycles. The average Bonchev–Trinajstić information content (AvgIpc) is 2.31. The molecule has 0 saturated heterocycles. The second kappa shape index (κ2) is 8.10. The van der Waals surface area contributed by atoms with Crippen LogP contribution in [0.5, 0.6) is 0 Å². The number of nitrogens with zero attached hydrogens (tertiary/aromatic N) is 1. The van der Waals surface area contributed by atoms with E-state index in [1.807, 2.05) is 6.92 Å². The van der Waals surface area contributed by atoms with E-state index in [4.69, 9.17) is 5.73 Å². The molecule has 0 saturated carbocycles. The number of hydrogen-bond acceptors (Lipinski definition) is 3. The largest absolute Gasteiger partial charge is 0.347 e. The zero-order chi connectivity index (χ0) is 12.6. The number of carbonyl (C=O) groups excluding carboxylic acids is 2. The van der Waals surface area contributed by atoms with E-state index < -0.39 is 11.8 Å². The van der Waals surface area contributed by atoms with Gasteiger partial charge in [-0.3, -0.25) is 9.59 Å². The van der Waals surface area contributed by atoms with Crippen molar-refractivity contribution in [1.29, 1.82) is 0 Å². The molecule has 0 bridgehead atoms. The summed E-state index contributed by atoms with van der Waals surface area (Å²) < 4.78 is 0.